The Labute approximate surface area is 102 Å². The second-order valence-corrected chi connectivity index (χ2v) is 3.98. The Morgan fingerprint density at radius 2 is 2.00 bits per heavy atom. The maximum Gasteiger partial charge on any atom is 0.243 e. The van der Waals surface area contributed by atoms with Gasteiger partial charge in [0.1, 0.15) is 6.73 Å². The van der Waals surface area contributed by atoms with Gasteiger partial charge in [0, 0.05) is 12.7 Å². The highest BCUT2D eigenvalue weighted by atomic mass is 79.9. The van der Waals surface area contributed by atoms with E-state index in [9.17, 15) is 9.59 Å². The maximum atomic E-state index is 11.8. The first-order valence-electron chi connectivity index (χ1n) is 4.66. The normalized spacial score (nSPS) is 11.9. The second kappa shape index (κ2) is 6.40. The highest BCUT2D eigenvalue weighted by molar-refractivity contribution is 9.10. The van der Waals surface area contributed by atoms with Crippen molar-refractivity contribution in [3.63, 3.8) is 0 Å². The second-order valence-electron chi connectivity index (χ2n) is 3.07. The van der Waals surface area contributed by atoms with Gasteiger partial charge in [0.2, 0.25) is 5.91 Å². The van der Waals surface area contributed by atoms with E-state index in [0.717, 1.165) is 0 Å². The number of ketones is 1. The molecule has 0 bridgehead atoms. The van der Waals surface area contributed by atoms with E-state index in [2.05, 4.69) is 26.0 Å². The lowest BCUT2D eigenvalue weighted by Gasteiger charge is -2.09. The van der Waals surface area contributed by atoms with Gasteiger partial charge in [-0.15, -0.1) is 0 Å². The average Bonchev–Trinajstić information content (AvgIpc) is 2.35. The summed E-state index contributed by atoms with van der Waals surface area (Å²) >= 11 is 3.06. The van der Waals surface area contributed by atoms with E-state index < -0.39 is 10.7 Å². The summed E-state index contributed by atoms with van der Waals surface area (Å²) in [7, 11) is 1.46. The summed E-state index contributed by atoms with van der Waals surface area (Å²) in [6.45, 7) is 0.0863. The van der Waals surface area contributed by atoms with Crippen molar-refractivity contribution < 1.29 is 14.3 Å². The van der Waals surface area contributed by atoms with Crippen LogP contribution in [0.5, 0.6) is 0 Å². The first-order valence-corrected chi connectivity index (χ1v) is 5.58. The number of benzene rings is 1. The fraction of sp³-hybridized carbons (Fsp3) is 0.273. The van der Waals surface area contributed by atoms with E-state index in [1.165, 1.54) is 7.11 Å². The topological polar surface area (TPSA) is 55.4 Å². The summed E-state index contributed by atoms with van der Waals surface area (Å²) in [5.41, 5.74) is 0.497. The number of Topliss-reactive ketones (excluding diaryl/α,β-unsaturated/α-hetero) is 1. The Morgan fingerprint density at radius 3 is 2.56 bits per heavy atom. The van der Waals surface area contributed by atoms with Gasteiger partial charge in [-0.25, -0.2) is 0 Å². The fourth-order valence-electron chi connectivity index (χ4n) is 1.10. The Balaban J connectivity index is 2.64. The number of amides is 1. The smallest absolute Gasteiger partial charge is 0.243 e. The van der Waals surface area contributed by atoms with Crippen LogP contribution in [0.3, 0.4) is 0 Å². The standard InChI is InChI=1S/C11H12BrNO3/c1-16-7-13-11(15)9(12)10(14)8-5-3-2-4-6-8/h2-6,9H,7H2,1H3,(H,13,15). The summed E-state index contributed by atoms with van der Waals surface area (Å²) in [5, 5.41) is 2.45. The number of hydrogen-bond acceptors (Lipinski definition) is 3. The SMILES string of the molecule is COCNC(=O)C(Br)C(=O)c1ccccc1. The predicted molar refractivity (Wildman–Crippen MR) is 63.5 cm³/mol. The van der Waals surface area contributed by atoms with Crippen molar-refractivity contribution in [2.75, 3.05) is 13.8 Å². The zero-order chi connectivity index (χ0) is 12.0. The van der Waals surface area contributed by atoms with E-state index in [1.807, 2.05) is 6.07 Å². The minimum Gasteiger partial charge on any atom is -0.364 e. The minimum absolute atomic E-state index is 0.0863. The summed E-state index contributed by atoms with van der Waals surface area (Å²) in [6.07, 6.45) is 0. The molecule has 0 radical (unpaired) electrons. The minimum atomic E-state index is -0.884. The van der Waals surface area contributed by atoms with Crippen LogP contribution in [0, 0.1) is 0 Å². The molecule has 0 aromatic heterocycles. The molecule has 16 heavy (non-hydrogen) atoms. The van der Waals surface area contributed by atoms with Gasteiger partial charge in [-0.2, -0.15) is 0 Å². The Hall–Kier alpha value is -1.20. The van der Waals surface area contributed by atoms with Gasteiger partial charge >= 0.3 is 0 Å². The lowest BCUT2D eigenvalue weighted by molar-refractivity contribution is -0.121. The number of nitrogens with one attached hydrogen (secondary N) is 1. The van der Waals surface area contributed by atoms with Crippen LogP contribution in [0.4, 0.5) is 0 Å². The summed E-state index contributed by atoms with van der Waals surface area (Å²) < 4.78 is 4.68. The van der Waals surface area contributed by atoms with Crippen molar-refractivity contribution >= 4 is 27.6 Å². The van der Waals surface area contributed by atoms with Crippen LogP contribution in [0.25, 0.3) is 0 Å². The molecule has 86 valence electrons. The Morgan fingerprint density at radius 1 is 1.38 bits per heavy atom. The number of carbonyl (C=O) groups excluding carboxylic acids is 2. The summed E-state index contributed by atoms with van der Waals surface area (Å²) in [5.74, 6) is -0.676. The van der Waals surface area contributed by atoms with Crippen LogP contribution in [-0.4, -0.2) is 30.4 Å². The number of hydrogen-bond donors (Lipinski definition) is 1. The molecule has 0 fully saturated rings. The van der Waals surface area contributed by atoms with E-state index in [-0.39, 0.29) is 12.5 Å². The molecule has 0 aliphatic carbocycles. The van der Waals surface area contributed by atoms with E-state index in [4.69, 9.17) is 0 Å². The monoisotopic (exact) mass is 285 g/mol. The molecule has 1 amide bonds. The van der Waals surface area contributed by atoms with Gasteiger partial charge in [-0.3, -0.25) is 9.59 Å². The molecule has 0 spiro atoms. The predicted octanol–water partition coefficient (Wildman–Crippen LogP) is 1.35. The highest BCUT2D eigenvalue weighted by Gasteiger charge is 2.23. The quantitative estimate of drug-likeness (QED) is 0.385. The van der Waals surface area contributed by atoms with E-state index in [0.29, 0.717) is 5.56 Å². The molecule has 0 saturated heterocycles. The highest BCUT2D eigenvalue weighted by Crippen LogP contribution is 2.10. The van der Waals surface area contributed by atoms with Crippen molar-refractivity contribution in [3.05, 3.63) is 35.9 Å². The summed E-state index contributed by atoms with van der Waals surface area (Å²) in [4.78, 5) is 22.4. The molecular weight excluding hydrogens is 274 g/mol. The van der Waals surface area contributed by atoms with Crippen molar-refractivity contribution in [1.82, 2.24) is 5.32 Å². The van der Waals surface area contributed by atoms with E-state index in [1.54, 1.807) is 24.3 Å². The molecule has 0 aliphatic heterocycles. The maximum absolute atomic E-state index is 11.8. The largest absolute Gasteiger partial charge is 0.364 e. The first kappa shape index (κ1) is 12.9. The van der Waals surface area contributed by atoms with Crippen molar-refractivity contribution in [2.24, 2.45) is 0 Å². The van der Waals surface area contributed by atoms with Crippen LogP contribution in [0.15, 0.2) is 30.3 Å². The lowest BCUT2D eigenvalue weighted by atomic mass is 10.1. The molecule has 0 aliphatic rings. The number of carbonyl (C=O) groups is 2. The third kappa shape index (κ3) is 3.43. The van der Waals surface area contributed by atoms with Gasteiger partial charge in [0.15, 0.2) is 10.6 Å². The zero-order valence-corrected chi connectivity index (χ0v) is 10.4. The number of methoxy groups -OCH3 is 1. The average molecular weight is 286 g/mol. The molecule has 1 unspecified atom stereocenters. The van der Waals surface area contributed by atoms with Crippen LogP contribution in [0.1, 0.15) is 10.4 Å². The van der Waals surface area contributed by atoms with Crippen molar-refractivity contribution in [1.29, 1.82) is 0 Å². The third-order valence-corrected chi connectivity index (χ3v) is 2.74. The van der Waals surface area contributed by atoms with Crippen LogP contribution in [0.2, 0.25) is 0 Å². The van der Waals surface area contributed by atoms with Gasteiger partial charge < -0.3 is 10.1 Å². The van der Waals surface area contributed by atoms with Crippen LogP contribution >= 0.6 is 15.9 Å². The van der Waals surface area contributed by atoms with Crippen LogP contribution < -0.4 is 5.32 Å². The molecule has 1 aromatic rings. The number of rotatable bonds is 5. The molecular formula is C11H12BrNO3. The van der Waals surface area contributed by atoms with Gasteiger partial charge in [0.05, 0.1) is 0 Å². The van der Waals surface area contributed by atoms with Crippen molar-refractivity contribution in [2.45, 2.75) is 4.83 Å². The Kier molecular flexibility index (Phi) is 5.14. The molecule has 1 rings (SSSR count). The third-order valence-electron chi connectivity index (χ3n) is 1.91. The summed E-state index contributed by atoms with van der Waals surface area (Å²) in [6, 6.07) is 8.64. The number of halogens is 1. The van der Waals surface area contributed by atoms with Gasteiger partial charge in [0.25, 0.3) is 0 Å². The molecule has 5 heteroatoms. The zero-order valence-electron chi connectivity index (χ0n) is 8.77. The van der Waals surface area contributed by atoms with Gasteiger partial charge in [-0.1, -0.05) is 46.3 Å². The fourth-order valence-corrected chi connectivity index (χ4v) is 1.53. The molecule has 1 atom stereocenters. The molecule has 0 saturated carbocycles. The molecule has 1 N–H and O–H groups in total. The Bertz CT molecular complexity index is 367. The lowest BCUT2D eigenvalue weighted by Crippen LogP contribution is -2.36. The molecule has 0 heterocycles. The molecule has 4 nitrogen and oxygen atoms in total. The van der Waals surface area contributed by atoms with Crippen molar-refractivity contribution in [3.8, 4) is 0 Å². The first-order chi connectivity index (χ1) is 7.66. The van der Waals surface area contributed by atoms with Crippen LogP contribution in [-0.2, 0) is 9.53 Å². The van der Waals surface area contributed by atoms with E-state index >= 15 is 0 Å². The number of ether oxygens (including phenoxy) is 1. The number of alkyl halides is 1. The molecule has 1 aromatic carbocycles. The van der Waals surface area contributed by atoms with Gasteiger partial charge in [-0.05, 0) is 0 Å².